The first-order chi connectivity index (χ1) is 17.1. The minimum Gasteiger partial charge on any atom is -0.598 e. The van der Waals surface area contributed by atoms with Crippen molar-refractivity contribution in [3.8, 4) is 0 Å². The Hall–Kier alpha value is -1.98. The molecule has 2 N–H and O–H groups in total. The Morgan fingerprint density at radius 2 is 1.76 bits per heavy atom. The smallest absolute Gasteiger partial charge is 0.408 e. The summed E-state index contributed by atoms with van der Waals surface area (Å²) in [5.74, 6) is -2.50. The van der Waals surface area contributed by atoms with Crippen LogP contribution in [0.25, 0.3) is 5.65 Å². The fraction of sp³-hybridized carbons (Fsp3) is 0.731. The van der Waals surface area contributed by atoms with Crippen LogP contribution in [0.4, 0.5) is 13.6 Å². The molecule has 206 valence electrons. The summed E-state index contributed by atoms with van der Waals surface area (Å²) in [6.45, 7) is 11.1. The number of amides is 1. The third kappa shape index (κ3) is 7.32. The quantitative estimate of drug-likeness (QED) is 0.443. The minimum absolute atomic E-state index is 0.103. The van der Waals surface area contributed by atoms with E-state index in [1.54, 1.807) is 37.7 Å². The van der Waals surface area contributed by atoms with Crippen molar-refractivity contribution in [2.45, 2.75) is 108 Å². The highest BCUT2D eigenvalue weighted by Gasteiger charge is 2.41. The van der Waals surface area contributed by atoms with Crippen molar-refractivity contribution in [1.29, 1.82) is 0 Å². The van der Waals surface area contributed by atoms with E-state index < -0.39 is 39.8 Å². The molecule has 2 aromatic rings. The number of ether oxygens (including phenoxy) is 1. The van der Waals surface area contributed by atoms with Crippen molar-refractivity contribution >= 4 is 23.1 Å². The normalized spacial score (nSPS) is 21.4. The highest BCUT2D eigenvalue weighted by molar-refractivity contribution is 7.90. The van der Waals surface area contributed by atoms with E-state index in [1.165, 1.54) is 0 Å². The van der Waals surface area contributed by atoms with Gasteiger partial charge < -0.3 is 14.6 Å². The van der Waals surface area contributed by atoms with Gasteiger partial charge in [-0.05, 0) is 90.7 Å². The summed E-state index contributed by atoms with van der Waals surface area (Å²) in [4.78, 5) is 17.4. The fourth-order valence-corrected chi connectivity index (χ4v) is 5.56. The van der Waals surface area contributed by atoms with E-state index in [9.17, 15) is 18.1 Å². The Morgan fingerprint density at radius 1 is 1.14 bits per heavy atom. The average molecular weight is 540 g/mol. The maximum Gasteiger partial charge on any atom is 0.408 e. The Morgan fingerprint density at radius 3 is 2.32 bits per heavy atom. The maximum absolute atomic E-state index is 13.9. The van der Waals surface area contributed by atoms with Crippen molar-refractivity contribution in [2.75, 3.05) is 0 Å². The molecule has 0 aromatic carbocycles. The second kappa shape index (κ2) is 10.3. The van der Waals surface area contributed by atoms with E-state index >= 15 is 0 Å². The summed E-state index contributed by atoms with van der Waals surface area (Å²) in [6.07, 6.45) is 5.09. The van der Waals surface area contributed by atoms with Crippen molar-refractivity contribution < 1.29 is 22.9 Å². The molecule has 0 aliphatic heterocycles. The Kier molecular flexibility index (Phi) is 7.80. The number of rotatable bonds is 7. The highest BCUT2D eigenvalue weighted by atomic mass is 32.2. The molecule has 8 nitrogen and oxygen atoms in total. The lowest BCUT2D eigenvalue weighted by Gasteiger charge is -2.33. The van der Waals surface area contributed by atoms with Crippen molar-refractivity contribution in [2.24, 2.45) is 11.8 Å². The molecule has 2 aliphatic carbocycles. The van der Waals surface area contributed by atoms with Gasteiger partial charge in [-0.15, -0.1) is 4.72 Å². The molecule has 11 heteroatoms. The van der Waals surface area contributed by atoms with Crippen LogP contribution in [0, 0.1) is 11.8 Å². The van der Waals surface area contributed by atoms with Crippen molar-refractivity contribution in [3.63, 3.8) is 0 Å². The first-order valence-corrected chi connectivity index (χ1v) is 14.2. The summed E-state index contributed by atoms with van der Waals surface area (Å²) >= 11 is -1.24. The van der Waals surface area contributed by atoms with E-state index in [0.29, 0.717) is 17.3 Å². The monoisotopic (exact) mass is 539 g/mol. The lowest BCUT2D eigenvalue weighted by molar-refractivity contribution is -0.0500. The zero-order valence-electron chi connectivity index (χ0n) is 22.5. The number of imidazole rings is 1. The van der Waals surface area contributed by atoms with E-state index in [0.717, 1.165) is 18.4 Å². The van der Waals surface area contributed by atoms with Crippen LogP contribution < -0.4 is 10.0 Å². The summed E-state index contributed by atoms with van der Waals surface area (Å²) in [5.41, 5.74) is 1.35. The van der Waals surface area contributed by atoms with Crippen molar-refractivity contribution in [3.05, 3.63) is 29.7 Å². The van der Waals surface area contributed by atoms with Crippen molar-refractivity contribution in [1.82, 2.24) is 24.6 Å². The number of nitrogens with zero attached hydrogens (tertiary/aromatic N) is 3. The number of carbonyl (C=O) groups excluding carboxylic acids is 1. The molecule has 0 radical (unpaired) electrons. The molecule has 2 heterocycles. The predicted octanol–water partition coefficient (Wildman–Crippen LogP) is 5.62. The van der Waals surface area contributed by atoms with E-state index in [-0.39, 0.29) is 37.6 Å². The fourth-order valence-electron chi connectivity index (χ4n) is 4.65. The first kappa shape index (κ1) is 28.0. The zero-order chi connectivity index (χ0) is 27.2. The predicted molar refractivity (Wildman–Crippen MR) is 138 cm³/mol. The van der Waals surface area contributed by atoms with Crippen LogP contribution in [0.15, 0.2) is 18.5 Å². The molecule has 37 heavy (non-hydrogen) atoms. The number of fused-ring (bicyclic) bond motifs is 1. The van der Waals surface area contributed by atoms with E-state index in [4.69, 9.17) is 9.72 Å². The summed E-state index contributed by atoms with van der Waals surface area (Å²) < 4.78 is 50.6. The molecule has 2 aliphatic rings. The Labute approximate surface area is 220 Å². The number of hydrogen-bond acceptors (Lipinski definition) is 6. The number of carbonyl (C=O) groups is 1. The lowest BCUT2D eigenvalue weighted by atomic mass is 9.81. The topological polar surface area (TPSA) is 104 Å². The summed E-state index contributed by atoms with van der Waals surface area (Å²) in [7, 11) is 0. The standard InChI is InChI=1S/C26H39F2N5O3S/c1-24(2,3)36-23(34)31-22(17-9-11-26(27,28)12-10-17)19-15-33-20(30-19)13-18(14-29-33)21(16-7-8-16)32-37(35)25(4,5)6/h13-17,21-22,32H,7-12H2,1-6H3,(H,31,34)/t21-,22+,37+/m1/s1. The van der Waals surface area contributed by atoms with Gasteiger partial charge in [0.1, 0.15) is 10.3 Å². The van der Waals surface area contributed by atoms with Gasteiger partial charge in [-0.3, -0.25) is 0 Å². The Bertz CT molecular complexity index is 1100. The molecular weight excluding hydrogens is 500 g/mol. The number of alkyl halides is 2. The minimum atomic E-state index is -2.68. The van der Waals surface area contributed by atoms with Crippen LogP contribution in [0.2, 0.25) is 0 Å². The number of hydrogen-bond donors (Lipinski definition) is 2. The molecule has 0 unspecified atom stereocenters. The molecule has 4 rings (SSSR count). The van der Waals surface area contributed by atoms with Gasteiger partial charge in [-0.2, -0.15) is 5.10 Å². The van der Waals surface area contributed by atoms with Gasteiger partial charge in [-0.1, -0.05) is 0 Å². The van der Waals surface area contributed by atoms with Crippen LogP contribution in [-0.4, -0.2) is 41.5 Å². The molecule has 2 aromatic heterocycles. The number of nitrogens with one attached hydrogen (secondary N) is 2. The van der Waals surface area contributed by atoms with Gasteiger partial charge in [-0.25, -0.2) is 23.1 Å². The molecule has 2 fully saturated rings. The third-order valence-corrected chi connectivity index (χ3v) is 8.41. The average Bonchev–Trinajstić information content (AvgIpc) is 3.51. The third-order valence-electron chi connectivity index (χ3n) is 6.83. The Balaban J connectivity index is 1.61. The van der Waals surface area contributed by atoms with Crippen LogP contribution >= 0.6 is 0 Å². The lowest BCUT2D eigenvalue weighted by Crippen LogP contribution is -2.41. The number of aromatic nitrogens is 3. The molecule has 0 saturated heterocycles. The second-order valence-electron chi connectivity index (χ2n) is 12.4. The van der Waals surface area contributed by atoms with Gasteiger partial charge in [0, 0.05) is 24.2 Å². The number of alkyl carbamates (subject to hydrolysis) is 1. The van der Waals surface area contributed by atoms with E-state index in [2.05, 4.69) is 15.1 Å². The van der Waals surface area contributed by atoms with Crippen LogP contribution in [0.1, 0.15) is 103 Å². The number of halogens is 2. The van der Waals surface area contributed by atoms with Crippen LogP contribution in [0.3, 0.4) is 0 Å². The van der Waals surface area contributed by atoms with Crippen LogP contribution in [-0.2, 0) is 16.1 Å². The zero-order valence-corrected chi connectivity index (χ0v) is 23.3. The molecule has 1 amide bonds. The van der Waals surface area contributed by atoms with Gasteiger partial charge in [0.2, 0.25) is 5.92 Å². The van der Waals surface area contributed by atoms with Gasteiger partial charge in [0.25, 0.3) is 0 Å². The molecule has 3 atom stereocenters. The largest absolute Gasteiger partial charge is 0.598 e. The molecule has 0 bridgehead atoms. The van der Waals surface area contributed by atoms with Crippen LogP contribution in [0.5, 0.6) is 0 Å². The van der Waals surface area contributed by atoms with E-state index in [1.807, 2.05) is 26.8 Å². The summed E-state index contributed by atoms with van der Waals surface area (Å²) in [6, 6.07) is 1.24. The highest BCUT2D eigenvalue weighted by Crippen LogP contribution is 2.43. The SMILES string of the molecule is CC(C)(C)OC(=O)N[C@H](c1cn2ncc([C@H](N[S@@+]([O-])C(C)(C)C)C3CC3)cc2n1)C1CCC(F)(F)CC1. The molecule has 0 spiro atoms. The summed E-state index contributed by atoms with van der Waals surface area (Å²) in [5, 5.41) is 7.44. The maximum atomic E-state index is 13.9. The van der Waals surface area contributed by atoms with Gasteiger partial charge >= 0.3 is 6.09 Å². The molecule has 2 saturated carbocycles. The first-order valence-electron chi connectivity index (χ1n) is 13.0. The molecular formula is C26H39F2N5O3S. The van der Waals surface area contributed by atoms with Gasteiger partial charge in [0.15, 0.2) is 5.65 Å². The second-order valence-corrected chi connectivity index (χ2v) is 14.4. The van der Waals surface area contributed by atoms with Gasteiger partial charge in [0.05, 0.1) is 30.2 Å².